The summed E-state index contributed by atoms with van der Waals surface area (Å²) >= 11 is 2.99. The van der Waals surface area contributed by atoms with E-state index in [4.69, 9.17) is 15.9 Å². The molecule has 0 aliphatic carbocycles. The zero-order valence-corrected chi connectivity index (χ0v) is 10.3. The summed E-state index contributed by atoms with van der Waals surface area (Å²) in [6.07, 6.45) is 4.98. The Labute approximate surface area is 97.4 Å². The van der Waals surface area contributed by atoms with E-state index in [0.29, 0.717) is 0 Å². The van der Waals surface area contributed by atoms with Gasteiger partial charge in [0.2, 0.25) is 4.32 Å². The topological polar surface area (TPSA) is 52.6 Å². The third-order valence-electron chi connectivity index (χ3n) is 1.54. The first-order valence-corrected chi connectivity index (χ1v) is 5.29. The van der Waals surface area contributed by atoms with Crippen LogP contribution in [-0.2, 0) is 19.1 Å². The van der Waals surface area contributed by atoms with Crippen LogP contribution in [0.15, 0.2) is 0 Å². The smallest absolute Gasteiger partial charge is 0.335 e. The van der Waals surface area contributed by atoms with Crippen LogP contribution in [-0.4, -0.2) is 29.5 Å². The highest BCUT2D eigenvalue weighted by molar-refractivity contribution is 9.10. The maximum atomic E-state index is 11.5. The lowest BCUT2D eigenvalue weighted by molar-refractivity contribution is -0.158. The van der Waals surface area contributed by atoms with Gasteiger partial charge >= 0.3 is 11.9 Å². The first-order chi connectivity index (χ1) is 7.02. The summed E-state index contributed by atoms with van der Waals surface area (Å²) in [5.74, 6) is 0.797. The Morgan fingerprint density at radius 3 is 1.93 bits per heavy atom. The number of hydrogen-bond acceptors (Lipinski definition) is 4. The van der Waals surface area contributed by atoms with Crippen LogP contribution in [0.1, 0.15) is 20.3 Å². The standard InChI is InChI=1S/C10H13BrO4/c1-4-7-10(11,8(12)14-5-2)9(13)15-6-3/h1H,5-7H2,2-3H3. The molecule has 0 N–H and O–H groups in total. The largest absolute Gasteiger partial charge is 0.464 e. The predicted molar refractivity (Wildman–Crippen MR) is 58.4 cm³/mol. The van der Waals surface area contributed by atoms with Crippen LogP contribution >= 0.6 is 15.9 Å². The van der Waals surface area contributed by atoms with Gasteiger partial charge in [-0.05, 0) is 13.8 Å². The quantitative estimate of drug-likeness (QED) is 0.329. The normalized spacial score (nSPS) is 10.3. The van der Waals surface area contributed by atoms with Crippen molar-refractivity contribution in [3.63, 3.8) is 0 Å². The fraction of sp³-hybridized carbons (Fsp3) is 0.600. The van der Waals surface area contributed by atoms with Gasteiger partial charge in [-0.3, -0.25) is 0 Å². The van der Waals surface area contributed by atoms with E-state index in [9.17, 15) is 9.59 Å². The van der Waals surface area contributed by atoms with Crippen molar-refractivity contribution in [3.8, 4) is 12.3 Å². The number of terminal acetylenes is 1. The van der Waals surface area contributed by atoms with Crippen molar-refractivity contribution in [1.82, 2.24) is 0 Å². The summed E-state index contributed by atoms with van der Waals surface area (Å²) in [4.78, 5) is 23.0. The first-order valence-electron chi connectivity index (χ1n) is 4.49. The Morgan fingerprint density at radius 1 is 1.27 bits per heavy atom. The number of esters is 2. The van der Waals surface area contributed by atoms with Crippen molar-refractivity contribution in [2.75, 3.05) is 13.2 Å². The Morgan fingerprint density at radius 2 is 1.67 bits per heavy atom. The number of alkyl halides is 1. The third kappa shape index (κ3) is 3.56. The number of rotatable bonds is 5. The van der Waals surface area contributed by atoms with Crippen molar-refractivity contribution >= 4 is 27.9 Å². The van der Waals surface area contributed by atoms with Crippen LogP contribution < -0.4 is 0 Å². The van der Waals surface area contributed by atoms with Gasteiger partial charge in [-0.15, -0.1) is 12.3 Å². The average Bonchev–Trinajstić information content (AvgIpc) is 2.18. The summed E-state index contributed by atoms with van der Waals surface area (Å²) in [6, 6.07) is 0. The monoisotopic (exact) mass is 276 g/mol. The molecule has 0 amide bonds. The number of carbonyl (C=O) groups excluding carboxylic acids is 2. The molecule has 0 saturated heterocycles. The molecule has 0 rings (SSSR count). The summed E-state index contributed by atoms with van der Waals surface area (Å²) < 4.78 is 7.91. The van der Waals surface area contributed by atoms with Crippen LogP contribution in [0.4, 0.5) is 0 Å². The van der Waals surface area contributed by atoms with Crippen LogP contribution in [0.25, 0.3) is 0 Å². The van der Waals surface area contributed by atoms with Gasteiger partial charge in [-0.1, -0.05) is 15.9 Å². The molecule has 4 nitrogen and oxygen atoms in total. The van der Waals surface area contributed by atoms with Crippen molar-refractivity contribution in [2.45, 2.75) is 24.6 Å². The SMILES string of the molecule is C#CCC(Br)(C(=O)OCC)C(=O)OCC. The lowest BCUT2D eigenvalue weighted by atomic mass is 10.1. The second-order valence-corrected chi connectivity index (χ2v) is 3.98. The molecule has 0 saturated carbocycles. The second kappa shape index (κ2) is 6.46. The minimum Gasteiger partial charge on any atom is -0.464 e. The molecule has 0 aliphatic heterocycles. The van der Waals surface area contributed by atoms with E-state index in [1.807, 2.05) is 0 Å². The van der Waals surface area contributed by atoms with E-state index in [2.05, 4.69) is 21.9 Å². The van der Waals surface area contributed by atoms with E-state index >= 15 is 0 Å². The second-order valence-electron chi connectivity index (χ2n) is 2.62. The lowest BCUT2D eigenvalue weighted by Crippen LogP contribution is -2.43. The fourth-order valence-electron chi connectivity index (χ4n) is 0.859. The fourth-order valence-corrected chi connectivity index (χ4v) is 1.25. The summed E-state index contributed by atoms with van der Waals surface area (Å²) in [5, 5.41) is 0. The van der Waals surface area contributed by atoms with E-state index in [0.717, 1.165) is 0 Å². The van der Waals surface area contributed by atoms with Crippen molar-refractivity contribution in [3.05, 3.63) is 0 Å². The first kappa shape index (κ1) is 14.0. The molecule has 0 heterocycles. The van der Waals surface area contributed by atoms with Gasteiger partial charge in [0.25, 0.3) is 0 Å². The Kier molecular flexibility index (Phi) is 6.02. The molecule has 5 heteroatoms. The molecule has 0 spiro atoms. The van der Waals surface area contributed by atoms with Crippen LogP contribution in [0.3, 0.4) is 0 Å². The van der Waals surface area contributed by atoms with E-state index in [-0.39, 0.29) is 19.6 Å². The lowest BCUT2D eigenvalue weighted by Gasteiger charge is -2.20. The van der Waals surface area contributed by atoms with Gasteiger partial charge in [0.15, 0.2) is 0 Å². The van der Waals surface area contributed by atoms with Gasteiger partial charge in [0.05, 0.1) is 13.2 Å². The minimum atomic E-state index is -1.58. The zero-order chi connectivity index (χ0) is 11.9. The molecule has 0 aromatic rings. The third-order valence-corrected chi connectivity index (χ3v) is 2.47. The van der Waals surface area contributed by atoms with E-state index < -0.39 is 16.3 Å². The van der Waals surface area contributed by atoms with Gasteiger partial charge in [0.1, 0.15) is 0 Å². The van der Waals surface area contributed by atoms with Crippen LogP contribution in [0.5, 0.6) is 0 Å². The zero-order valence-electron chi connectivity index (χ0n) is 8.71. The van der Waals surface area contributed by atoms with E-state index in [1.165, 1.54) is 0 Å². The van der Waals surface area contributed by atoms with Crippen LogP contribution in [0, 0.1) is 12.3 Å². The van der Waals surface area contributed by atoms with Crippen molar-refractivity contribution in [2.24, 2.45) is 0 Å². The molecular formula is C10H13BrO4. The molecule has 0 radical (unpaired) electrons. The highest BCUT2D eigenvalue weighted by Gasteiger charge is 2.46. The molecular weight excluding hydrogens is 264 g/mol. The molecule has 0 aromatic heterocycles. The highest BCUT2D eigenvalue weighted by Crippen LogP contribution is 2.26. The maximum absolute atomic E-state index is 11.5. The highest BCUT2D eigenvalue weighted by atomic mass is 79.9. The molecule has 0 aliphatic rings. The Bertz CT molecular complexity index is 262. The van der Waals surface area contributed by atoms with Crippen molar-refractivity contribution < 1.29 is 19.1 Å². The predicted octanol–water partition coefficient (Wildman–Crippen LogP) is 1.27. The number of hydrogen-bond donors (Lipinski definition) is 0. The number of carbonyl (C=O) groups is 2. The van der Waals surface area contributed by atoms with Gasteiger partial charge < -0.3 is 9.47 Å². The molecule has 0 atom stereocenters. The van der Waals surface area contributed by atoms with Crippen molar-refractivity contribution in [1.29, 1.82) is 0 Å². The molecule has 15 heavy (non-hydrogen) atoms. The molecule has 0 aromatic carbocycles. The Hall–Kier alpha value is -1.02. The summed E-state index contributed by atoms with van der Waals surface area (Å²) in [6.45, 7) is 3.64. The average molecular weight is 277 g/mol. The molecule has 0 bridgehead atoms. The van der Waals surface area contributed by atoms with Crippen LogP contribution in [0.2, 0.25) is 0 Å². The van der Waals surface area contributed by atoms with Gasteiger partial charge in [-0.2, -0.15) is 0 Å². The molecule has 0 unspecified atom stereocenters. The maximum Gasteiger partial charge on any atom is 0.335 e. The van der Waals surface area contributed by atoms with Gasteiger partial charge in [0, 0.05) is 6.42 Å². The minimum absolute atomic E-state index is 0.106. The van der Waals surface area contributed by atoms with E-state index in [1.54, 1.807) is 13.8 Å². The number of halogens is 1. The molecule has 0 fully saturated rings. The summed E-state index contributed by atoms with van der Waals surface area (Å²) in [5.41, 5.74) is 0. The Balaban J connectivity index is 4.80. The molecule has 84 valence electrons. The number of ether oxygens (including phenoxy) is 2. The summed E-state index contributed by atoms with van der Waals surface area (Å²) in [7, 11) is 0. The van der Waals surface area contributed by atoms with Gasteiger partial charge in [-0.25, -0.2) is 9.59 Å².